The number of hydrogen-bond acceptors (Lipinski definition) is 6. The molecule has 142 valence electrons. The molecule has 0 saturated heterocycles. The van der Waals surface area contributed by atoms with Gasteiger partial charge in [0.2, 0.25) is 5.95 Å². The monoisotopic (exact) mass is 380 g/mol. The number of anilines is 2. The van der Waals surface area contributed by atoms with Gasteiger partial charge >= 0.3 is 5.97 Å². The van der Waals surface area contributed by atoms with Crippen molar-refractivity contribution >= 4 is 23.5 Å². The lowest BCUT2D eigenvalue weighted by Crippen LogP contribution is -2.14. The molecule has 0 spiro atoms. The van der Waals surface area contributed by atoms with Gasteiger partial charge in [-0.05, 0) is 30.3 Å². The van der Waals surface area contributed by atoms with E-state index in [9.17, 15) is 14.0 Å². The molecule has 1 aromatic heterocycles. The fourth-order valence-corrected chi connectivity index (χ4v) is 2.36. The van der Waals surface area contributed by atoms with Crippen molar-refractivity contribution in [3.05, 3.63) is 83.4 Å². The van der Waals surface area contributed by atoms with Gasteiger partial charge in [-0.15, -0.1) is 0 Å². The van der Waals surface area contributed by atoms with Gasteiger partial charge in [0.1, 0.15) is 5.82 Å². The topological polar surface area (TPSA) is 93.2 Å². The van der Waals surface area contributed by atoms with Crippen molar-refractivity contribution in [3.63, 3.8) is 0 Å². The molecule has 0 aliphatic carbocycles. The van der Waals surface area contributed by atoms with E-state index in [4.69, 9.17) is 0 Å². The number of rotatable bonds is 6. The second-order valence-corrected chi connectivity index (χ2v) is 5.76. The van der Waals surface area contributed by atoms with Crippen molar-refractivity contribution in [1.29, 1.82) is 0 Å². The summed E-state index contributed by atoms with van der Waals surface area (Å²) in [5.41, 5.74) is 1.64. The molecule has 2 N–H and O–H groups in total. The van der Waals surface area contributed by atoms with E-state index in [0.717, 1.165) is 0 Å². The summed E-state index contributed by atoms with van der Waals surface area (Å²) in [6.07, 6.45) is 2.74. The number of nitrogens with zero attached hydrogens (tertiary/aromatic N) is 2. The molecular formula is C20H17FN4O3. The van der Waals surface area contributed by atoms with Gasteiger partial charge in [0.25, 0.3) is 5.91 Å². The lowest BCUT2D eigenvalue weighted by atomic mass is 10.2. The van der Waals surface area contributed by atoms with Crippen LogP contribution in [0.15, 0.2) is 60.9 Å². The molecule has 0 aliphatic heterocycles. The lowest BCUT2D eigenvalue weighted by Gasteiger charge is -2.08. The van der Waals surface area contributed by atoms with E-state index >= 15 is 0 Å². The molecule has 0 aliphatic rings. The number of benzene rings is 2. The maximum atomic E-state index is 13.6. The van der Waals surface area contributed by atoms with Crippen molar-refractivity contribution in [2.24, 2.45) is 0 Å². The zero-order valence-electron chi connectivity index (χ0n) is 15.0. The summed E-state index contributed by atoms with van der Waals surface area (Å²) in [4.78, 5) is 31.8. The summed E-state index contributed by atoms with van der Waals surface area (Å²) in [5, 5.41) is 5.59. The SMILES string of the molecule is COC(=O)c1ccc(NC(=O)c2cnc(NCc3ccccc3F)nc2)cc1. The first-order valence-corrected chi connectivity index (χ1v) is 8.36. The largest absolute Gasteiger partial charge is 0.465 e. The Morgan fingerprint density at radius 3 is 2.32 bits per heavy atom. The zero-order valence-corrected chi connectivity index (χ0v) is 15.0. The smallest absolute Gasteiger partial charge is 0.337 e. The lowest BCUT2D eigenvalue weighted by molar-refractivity contribution is 0.0600. The van der Waals surface area contributed by atoms with E-state index in [2.05, 4.69) is 25.3 Å². The molecule has 0 fully saturated rings. The Balaban J connectivity index is 1.59. The predicted molar refractivity (Wildman–Crippen MR) is 101 cm³/mol. The third-order valence-corrected chi connectivity index (χ3v) is 3.87. The molecule has 1 heterocycles. The van der Waals surface area contributed by atoms with Gasteiger partial charge in [-0.3, -0.25) is 4.79 Å². The van der Waals surface area contributed by atoms with E-state index in [1.807, 2.05) is 0 Å². The van der Waals surface area contributed by atoms with Gasteiger partial charge < -0.3 is 15.4 Å². The number of aromatic nitrogens is 2. The molecule has 3 aromatic rings. The standard InChI is InChI=1S/C20H17FN4O3/c1-28-19(27)13-6-8-16(9-7-13)25-18(26)15-11-23-20(24-12-15)22-10-14-4-2-3-5-17(14)21/h2-9,11-12H,10H2,1H3,(H,25,26)(H,22,23,24). The minimum Gasteiger partial charge on any atom is -0.465 e. The Morgan fingerprint density at radius 1 is 1.00 bits per heavy atom. The summed E-state index contributed by atoms with van der Waals surface area (Å²) in [6.45, 7) is 0.227. The minimum absolute atomic E-state index is 0.227. The van der Waals surface area contributed by atoms with E-state index in [-0.39, 0.29) is 23.9 Å². The van der Waals surface area contributed by atoms with Crippen LogP contribution in [0, 0.1) is 5.82 Å². The van der Waals surface area contributed by atoms with E-state index in [1.54, 1.807) is 42.5 Å². The van der Waals surface area contributed by atoms with Crippen LogP contribution >= 0.6 is 0 Å². The van der Waals surface area contributed by atoms with Gasteiger partial charge in [0.05, 0.1) is 18.2 Å². The third-order valence-electron chi connectivity index (χ3n) is 3.87. The Bertz CT molecular complexity index is 976. The van der Waals surface area contributed by atoms with E-state index < -0.39 is 11.9 Å². The summed E-state index contributed by atoms with van der Waals surface area (Å²) >= 11 is 0. The molecule has 8 heteroatoms. The Hall–Kier alpha value is -3.81. The molecule has 0 bridgehead atoms. The Kier molecular flexibility index (Phi) is 5.91. The average molecular weight is 380 g/mol. The quantitative estimate of drug-likeness (QED) is 0.638. The number of ether oxygens (including phenoxy) is 1. The van der Waals surface area contributed by atoms with Gasteiger partial charge in [0, 0.05) is 30.2 Å². The molecule has 0 unspecified atom stereocenters. The normalized spacial score (nSPS) is 10.2. The van der Waals surface area contributed by atoms with Crippen molar-refractivity contribution < 1.29 is 18.7 Å². The summed E-state index contributed by atoms with van der Waals surface area (Å²) in [6, 6.07) is 12.7. The molecule has 0 radical (unpaired) electrons. The number of amides is 1. The molecule has 2 aromatic carbocycles. The fourth-order valence-electron chi connectivity index (χ4n) is 2.36. The van der Waals surface area contributed by atoms with Crippen LogP contribution in [0.2, 0.25) is 0 Å². The highest BCUT2D eigenvalue weighted by molar-refractivity contribution is 6.04. The van der Waals surface area contributed by atoms with Gasteiger partial charge in [-0.1, -0.05) is 18.2 Å². The summed E-state index contributed by atoms with van der Waals surface area (Å²) in [5.74, 6) is -0.886. The Labute approximate surface area is 160 Å². The second-order valence-electron chi connectivity index (χ2n) is 5.76. The van der Waals surface area contributed by atoms with Crippen molar-refractivity contribution in [1.82, 2.24) is 9.97 Å². The van der Waals surface area contributed by atoms with Crippen LogP contribution in [0.25, 0.3) is 0 Å². The number of halogens is 1. The molecule has 1 amide bonds. The number of carbonyl (C=O) groups is 2. The maximum absolute atomic E-state index is 13.6. The first-order chi connectivity index (χ1) is 13.6. The fraction of sp³-hybridized carbons (Fsp3) is 0.100. The minimum atomic E-state index is -0.454. The highest BCUT2D eigenvalue weighted by Gasteiger charge is 2.10. The van der Waals surface area contributed by atoms with Crippen LogP contribution in [0.3, 0.4) is 0 Å². The average Bonchev–Trinajstić information content (AvgIpc) is 2.73. The number of nitrogens with one attached hydrogen (secondary N) is 2. The van der Waals surface area contributed by atoms with E-state index in [0.29, 0.717) is 16.8 Å². The van der Waals surface area contributed by atoms with Crippen LogP contribution in [-0.2, 0) is 11.3 Å². The van der Waals surface area contributed by atoms with E-state index in [1.165, 1.54) is 25.6 Å². The highest BCUT2D eigenvalue weighted by Crippen LogP contribution is 2.13. The number of carbonyl (C=O) groups excluding carboxylic acids is 2. The van der Waals surface area contributed by atoms with Crippen LogP contribution in [-0.4, -0.2) is 29.0 Å². The number of hydrogen-bond donors (Lipinski definition) is 2. The maximum Gasteiger partial charge on any atom is 0.337 e. The number of esters is 1. The number of methoxy groups -OCH3 is 1. The van der Waals surface area contributed by atoms with Gasteiger partial charge in [-0.25, -0.2) is 19.2 Å². The second kappa shape index (κ2) is 8.72. The molecule has 3 rings (SSSR count). The first kappa shape index (κ1) is 19.0. The van der Waals surface area contributed by atoms with Crippen molar-refractivity contribution in [3.8, 4) is 0 Å². The van der Waals surface area contributed by atoms with Crippen LogP contribution in [0.5, 0.6) is 0 Å². The van der Waals surface area contributed by atoms with Gasteiger partial charge in [-0.2, -0.15) is 0 Å². The molecule has 0 atom stereocenters. The Morgan fingerprint density at radius 2 is 1.68 bits per heavy atom. The summed E-state index contributed by atoms with van der Waals surface area (Å²) < 4.78 is 18.2. The van der Waals surface area contributed by atoms with Crippen LogP contribution in [0.1, 0.15) is 26.3 Å². The zero-order chi connectivity index (χ0) is 19.9. The molecular weight excluding hydrogens is 363 g/mol. The van der Waals surface area contributed by atoms with Crippen LogP contribution < -0.4 is 10.6 Å². The molecule has 0 saturated carbocycles. The summed E-state index contributed by atoms with van der Waals surface area (Å²) in [7, 11) is 1.30. The molecule has 28 heavy (non-hydrogen) atoms. The van der Waals surface area contributed by atoms with Crippen molar-refractivity contribution in [2.75, 3.05) is 17.7 Å². The third kappa shape index (κ3) is 4.67. The predicted octanol–water partition coefficient (Wildman–Crippen LogP) is 3.27. The van der Waals surface area contributed by atoms with Crippen LogP contribution in [0.4, 0.5) is 16.0 Å². The van der Waals surface area contributed by atoms with Gasteiger partial charge in [0.15, 0.2) is 0 Å². The molecule has 7 nitrogen and oxygen atoms in total. The highest BCUT2D eigenvalue weighted by atomic mass is 19.1. The first-order valence-electron chi connectivity index (χ1n) is 8.36. The van der Waals surface area contributed by atoms with Crippen molar-refractivity contribution in [2.45, 2.75) is 6.54 Å².